The molecule has 19 heavy (non-hydrogen) atoms. The van der Waals surface area contributed by atoms with Crippen molar-refractivity contribution >= 4 is 43.6 Å². The number of carbonyl (C=O) groups is 1. The monoisotopic (exact) mass is 317 g/mol. The van der Waals surface area contributed by atoms with Crippen molar-refractivity contribution in [1.82, 2.24) is 4.98 Å². The molecule has 3 aromatic rings. The van der Waals surface area contributed by atoms with E-state index < -0.39 is 0 Å². The van der Waals surface area contributed by atoms with E-state index in [1.165, 1.54) is 0 Å². The van der Waals surface area contributed by atoms with E-state index in [1.807, 2.05) is 24.3 Å². The highest BCUT2D eigenvalue weighted by Crippen LogP contribution is 2.31. The summed E-state index contributed by atoms with van der Waals surface area (Å²) in [5.74, 6) is -0.338. The van der Waals surface area contributed by atoms with Gasteiger partial charge >= 0.3 is 5.97 Å². The lowest BCUT2D eigenvalue weighted by Gasteiger charge is -1.98. The van der Waals surface area contributed by atoms with Crippen LogP contribution >= 0.6 is 15.9 Å². The maximum atomic E-state index is 11.8. The van der Waals surface area contributed by atoms with E-state index in [1.54, 1.807) is 6.92 Å². The van der Waals surface area contributed by atoms with Gasteiger partial charge in [-0.15, -0.1) is 0 Å². The smallest absolute Gasteiger partial charge is 0.355 e. The Bertz CT molecular complexity index is 776. The number of H-pyrrole nitrogens is 1. The molecule has 96 valence electrons. The van der Waals surface area contributed by atoms with Gasteiger partial charge in [-0.3, -0.25) is 0 Å². The molecule has 1 N–H and O–H groups in total. The average Bonchev–Trinajstić information content (AvgIpc) is 2.74. The molecule has 0 fully saturated rings. The third-order valence-electron chi connectivity index (χ3n) is 3.08. The first-order valence-corrected chi connectivity index (χ1v) is 6.87. The molecule has 0 unspecified atom stereocenters. The average molecular weight is 318 g/mol. The van der Waals surface area contributed by atoms with Gasteiger partial charge in [0.25, 0.3) is 0 Å². The van der Waals surface area contributed by atoms with Crippen LogP contribution < -0.4 is 0 Å². The number of hydrogen-bond acceptors (Lipinski definition) is 2. The van der Waals surface area contributed by atoms with Crippen LogP contribution in [-0.2, 0) is 4.74 Å². The summed E-state index contributed by atoms with van der Waals surface area (Å²) >= 11 is 3.48. The first kappa shape index (κ1) is 12.2. The molecule has 1 heterocycles. The van der Waals surface area contributed by atoms with Crippen LogP contribution in [0.3, 0.4) is 0 Å². The summed E-state index contributed by atoms with van der Waals surface area (Å²) in [6.45, 7) is 2.16. The van der Waals surface area contributed by atoms with Crippen molar-refractivity contribution in [3.8, 4) is 0 Å². The van der Waals surface area contributed by atoms with Gasteiger partial charge in [0.2, 0.25) is 0 Å². The zero-order valence-corrected chi connectivity index (χ0v) is 12.0. The fraction of sp³-hybridized carbons (Fsp3) is 0.133. The van der Waals surface area contributed by atoms with Gasteiger partial charge in [0.05, 0.1) is 11.1 Å². The van der Waals surface area contributed by atoms with Gasteiger partial charge in [-0.05, 0) is 45.8 Å². The predicted octanol–water partition coefficient (Wildman–Crippen LogP) is 4.26. The number of fused-ring (bicyclic) bond motifs is 2. The van der Waals surface area contributed by atoms with E-state index in [9.17, 15) is 4.79 Å². The molecule has 0 aliphatic carbocycles. The molecule has 3 nitrogen and oxygen atoms in total. The van der Waals surface area contributed by atoms with E-state index in [-0.39, 0.29) is 5.97 Å². The van der Waals surface area contributed by atoms with Crippen LogP contribution in [0.2, 0.25) is 0 Å². The van der Waals surface area contributed by atoms with Gasteiger partial charge in [-0.1, -0.05) is 24.3 Å². The molecule has 0 saturated carbocycles. The summed E-state index contributed by atoms with van der Waals surface area (Å²) in [4.78, 5) is 15.0. The number of halogens is 1. The van der Waals surface area contributed by atoms with Crippen LogP contribution in [0.5, 0.6) is 0 Å². The van der Waals surface area contributed by atoms with Gasteiger partial charge in [0.1, 0.15) is 5.69 Å². The minimum Gasteiger partial charge on any atom is -0.461 e. The lowest BCUT2D eigenvalue weighted by atomic mass is 10.1. The number of benzene rings is 2. The second-order valence-electron chi connectivity index (χ2n) is 4.28. The predicted molar refractivity (Wildman–Crippen MR) is 79.5 cm³/mol. The normalized spacial score (nSPS) is 11.1. The number of aromatic nitrogens is 1. The molecule has 3 rings (SSSR count). The van der Waals surface area contributed by atoms with Crippen LogP contribution in [0.1, 0.15) is 17.4 Å². The van der Waals surface area contributed by atoms with Crippen LogP contribution in [-0.4, -0.2) is 17.6 Å². The number of aromatic amines is 1. The standard InChI is InChI=1S/C15H12BrNO2/c1-2-19-15(18)14-13(16)11-7-9-5-3-4-6-10(9)8-12(11)17-14/h3-8,17H,2H2,1H3. The van der Waals surface area contributed by atoms with Gasteiger partial charge < -0.3 is 9.72 Å². The molecule has 0 saturated heterocycles. The molecule has 0 radical (unpaired) electrons. The Morgan fingerprint density at radius 3 is 2.63 bits per heavy atom. The first-order chi connectivity index (χ1) is 9.20. The zero-order chi connectivity index (χ0) is 13.4. The minimum atomic E-state index is -0.338. The molecule has 1 aromatic heterocycles. The fourth-order valence-electron chi connectivity index (χ4n) is 2.19. The van der Waals surface area contributed by atoms with Crippen molar-refractivity contribution in [3.05, 3.63) is 46.6 Å². The summed E-state index contributed by atoms with van der Waals surface area (Å²) < 4.78 is 5.79. The van der Waals surface area contributed by atoms with Gasteiger partial charge in [0.15, 0.2) is 0 Å². The highest BCUT2D eigenvalue weighted by molar-refractivity contribution is 9.10. The molecule has 0 atom stereocenters. The zero-order valence-electron chi connectivity index (χ0n) is 10.4. The lowest BCUT2D eigenvalue weighted by molar-refractivity contribution is 0.0519. The molecule has 0 aliphatic heterocycles. The summed E-state index contributed by atoms with van der Waals surface area (Å²) in [7, 11) is 0. The van der Waals surface area contributed by atoms with Gasteiger partial charge in [0, 0.05) is 10.9 Å². The van der Waals surface area contributed by atoms with Crippen molar-refractivity contribution in [1.29, 1.82) is 0 Å². The Balaban J connectivity index is 2.25. The number of carbonyl (C=O) groups excluding carboxylic acids is 1. The number of rotatable bonds is 2. The third-order valence-corrected chi connectivity index (χ3v) is 3.90. The second kappa shape index (κ2) is 4.70. The Kier molecular flexibility index (Phi) is 3.03. The molecule has 0 bridgehead atoms. The Morgan fingerprint density at radius 2 is 1.95 bits per heavy atom. The molecular weight excluding hydrogens is 306 g/mol. The molecule has 2 aromatic carbocycles. The highest BCUT2D eigenvalue weighted by atomic mass is 79.9. The van der Waals surface area contributed by atoms with E-state index in [4.69, 9.17) is 4.74 Å². The summed E-state index contributed by atoms with van der Waals surface area (Å²) in [6, 6.07) is 12.2. The van der Waals surface area contributed by atoms with Crippen molar-refractivity contribution in [3.63, 3.8) is 0 Å². The van der Waals surface area contributed by atoms with Crippen molar-refractivity contribution in [2.45, 2.75) is 6.92 Å². The summed E-state index contributed by atoms with van der Waals surface area (Å²) in [6.07, 6.45) is 0. The largest absolute Gasteiger partial charge is 0.461 e. The van der Waals surface area contributed by atoms with Gasteiger partial charge in [-0.2, -0.15) is 0 Å². The third kappa shape index (κ3) is 2.02. The summed E-state index contributed by atoms with van der Waals surface area (Å²) in [5.41, 5.74) is 1.39. The van der Waals surface area contributed by atoms with Gasteiger partial charge in [-0.25, -0.2) is 4.79 Å². The molecular formula is C15H12BrNO2. The maximum Gasteiger partial charge on any atom is 0.355 e. The lowest BCUT2D eigenvalue weighted by Crippen LogP contribution is -2.05. The fourth-order valence-corrected chi connectivity index (χ4v) is 2.78. The van der Waals surface area contributed by atoms with E-state index in [2.05, 4.69) is 33.0 Å². The van der Waals surface area contributed by atoms with Crippen LogP contribution in [0, 0.1) is 0 Å². The van der Waals surface area contributed by atoms with E-state index in [0.717, 1.165) is 26.1 Å². The SMILES string of the molecule is CCOC(=O)c1[nH]c2cc3ccccc3cc2c1Br. The Labute approximate surface area is 118 Å². The molecule has 0 aliphatic rings. The van der Waals surface area contributed by atoms with Crippen LogP contribution in [0.4, 0.5) is 0 Å². The topological polar surface area (TPSA) is 42.1 Å². The van der Waals surface area contributed by atoms with Crippen molar-refractivity contribution < 1.29 is 9.53 Å². The quantitative estimate of drug-likeness (QED) is 0.717. The van der Waals surface area contributed by atoms with Crippen LogP contribution in [0.15, 0.2) is 40.9 Å². The van der Waals surface area contributed by atoms with Crippen molar-refractivity contribution in [2.24, 2.45) is 0 Å². The van der Waals surface area contributed by atoms with E-state index in [0.29, 0.717) is 12.3 Å². The number of nitrogens with one attached hydrogen (secondary N) is 1. The second-order valence-corrected chi connectivity index (χ2v) is 5.07. The molecule has 0 amide bonds. The van der Waals surface area contributed by atoms with Crippen LogP contribution in [0.25, 0.3) is 21.7 Å². The van der Waals surface area contributed by atoms with E-state index >= 15 is 0 Å². The Hall–Kier alpha value is -1.81. The minimum absolute atomic E-state index is 0.338. The highest BCUT2D eigenvalue weighted by Gasteiger charge is 2.17. The van der Waals surface area contributed by atoms with Crippen molar-refractivity contribution in [2.75, 3.05) is 6.61 Å². The molecule has 4 heteroatoms. The number of hydrogen-bond donors (Lipinski definition) is 1. The number of ether oxygens (including phenoxy) is 1. The number of esters is 1. The summed E-state index contributed by atoms with van der Waals surface area (Å²) in [5, 5.41) is 3.27. The first-order valence-electron chi connectivity index (χ1n) is 6.08. The Morgan fingerprint density at radius 1 is 1.26 bits per heavy atom. The molecule has 0 spiro atoms. The maximum absolute atomic E-state index is 11.8.